The van der Waals surface area contributed by atoms with Crippen molar-refractivity contribution in [1.82, 2.24) is 0 Å². The molecule has 1 aromatic rings. The average Bonchev–Trinajstić information content (AvgIpc) is 3.02. The number of halogens is 3. The molecule has 2 unspecified atom stereocenters. The molecule has 3 aliphatic rings. The van der Waals surface area contributed by atoms with Crippen LogP contribution in [0.2, 0.25) is 0 Å². The molecule has 0 N–H and O–H groups in total. The minimum absolute atomic E-state index is 0.174. The van der Waals surface area contributed by atoms with Gasteiger partial charge in [0, 0.05) is 0 Å². The van der Waals surface area contributed by atoms with Crippen molar-refractivity contribution in [2.45, 2.75) is 76.5 Å². The fourth-order valence-electron chi connectivity index (χ4n) is 6.60. The molecule has 3 fully saturated rings. The van der Waals surface area contributed by atoms with E-state index in [1.807, 2.05) is 0 Å². The van der Waals surface area contributed by atoms with Crippen molar-refractivity contribution < 1.29 is 13.2 Å². The zero-order valence-electron chi connectivity index (χ0n) is 16.8. The number of benzene rings is 1. The third kappa shape index (κ3) is 4.19. The van der Waals surface area contributed by atoms with Crippen molar-refractivity contribution in [3.05, 3.63) is 47.8 Å². The van der Waals surface area contributed by atoms with E-state index in [2.05, 4.69) is 12.7 Å². The Labute approximate surface area is 167 Å². The first kappa shape index (κ1) is 20.0. The molecule has 0 aliphatic heterocycles. The van der Waals surface area contributed by atoms with Crippen LogP contribution in [0.25, 0.3) is 0 Å². The van der Waals surface area contributed by atoms with Gasteiger partial charge in [0.1, 0.15) is 0 Å². The minimum Gasteiger partial charge on any atom is -0.204 e. The molecule has 3 aliphatic carbocycles. The molecule has 0 amide bonds. The van der Waals surface area contributed by atoms with Gasteiger partial charge in [-0.2, -0.15) is 0 Å². The number of hydrogen-bond donors (Lipinski definition) is 0. The zero-order valence-corrected chi connectivity index (χ0v) is 16.8. The number of fused-ring (bicyclic) bond motifs is 1. The van der Waals surface area contributed by atoms with Crippen molar-refractivity contribution in [1.29, 1.82) is 0 Å². The monoisotopic (exact) mass is 390 g/mol. The predicted octanol–water partition coefficient (Wildman–Crippen LogP) is 7.79. The standard InChI is InChI=1S/C25H33F3/c1-2-3-16-4-6-19-12-21(13-20(19)7-5-16)17-8-10-18(11-9-17)22-14-23(26)25(28)24(27)15-22/h2,14-21H,1,3-13H2. The quantitative estimate of drug-likeness (QED) is 0.363. The molecule has 0 heterocycles. The highest BCUT2D eigenvalue weighted by Gasteiger charge is 2.40. The lowest BCUT2D eigenvalue weighted by Gasteiger charge is -2.33. The first-order valence-electron chi connectivity index (χ1n) is 11.3. The largest absolute Gasteiger partial charge is 0.204 e. The van der Waals surface area contributed by atoms with Crippen LogP contribution in [0.15, 0.2) is 24.8 Å². The van der Waals surface area contributed by atoms with Gasteiger partial charge in [-0.3, -0.25) is 0 Å². The van der Waals surface area contributed by atoms with Crippen LogP contribution in [0.4, 0.5) is 13.2 Å². The van der Waals surface area contributed by atoms with E-state index in [4.69, 9.17) is 0 Å². The van der Waals surface area contributed by atoms with Gasteiger partial charge < -0.3 is 0 Å². The second kappa shape index (κ2) is 8.63. The summed E-state index contributed by atoms with van der Waals surface area (Å²) >= 11 is 0. The normalized spacial score (nSPS) is 36.0. The van der Waals surface area contributed by atoms with Gasteiger partial charge in [-0.15, -0.1) is 6.58 Å². The molecule has 3 heteroatoms. The summed E-state index contributed by atoms with van der Waals surface area (Å²) in [6.07, 6.45) is 15.8. The lowest BCUT2D eigenvalue weighted by atomic mass is 9.73. The van der Waals surface area contributed by atoms with Crippen LogP contribution < -0.4 is 0 Å². The van der Waals surface area contributed by atoms with Crippen molar-refractivity contribution in [2.24, 2.45) is 29.6 Å². The number of allylic oxidation sites excluding steroid dienone is 1. The molecule has 2 atom stereocenters. The summed E-state index contributed by atoms with van der Waals surface area (Å²) < 4.78 is 40.4. The summed E-state index contributed by atoms with van der Waals surface area (Å²) in [4.78, 5) is 0. The van der Waals surface area contributed by atoms with Gasteiger partial charge in [0.25, 0.3) is 0 Å². The van der Waals surface area contributed by atoms with Gasteiger partial charge in [-0.05, 0) is 124 Å². The lowest BCUT2D eigenvalue weighted by molar-refractivity contribution is 0.225. The molecule has 0 saturated heterocycles. The Morgan fingerprint density at radius 3 is 1.82 bits per heavy atom. The molecule has 0 aromatic heterocycles. The van der Waals surface area contributed by atoms with E-state index in [0.29, 0.717) is 5.56 Å². The van der Waals surface area contributed by atoms with Gasteiger partial charge in [-0.25, -0.2) is 13.2 Å². The van der Waals surface area contributed by atoms with Gasteiger partial charge in [0.15, 0.2) is 17.5 Å². The Morgan fingerprint density at radius 1 is 0.750 bits per heavy atom. The molecule has 0 bridgehead atoms. The first-order chi connectivity index (χ1) is 13.5. The van der Waals surface area contributed by atoms with Gasteiger partial charge in [0.2, 0.25) is 0 Å². The summed E-state index contributed by atoms with van der Waals surface area (Å²) in [6.45, 7) is 3.91. The predicted molar refractivity (Wildman–Crippen MR) is 107 cm³/mol. The van der Waals surface area contributed by atoms with E-state index in [1.54, 1.807) is 0 Å². The lowest BCUT2D eigenvalue weighted by Crippen LogP contribution is -2.20. The Kier molecular flexibility index (Phi) is 6.18. The van der Waals surface area contributed by atoms with Crippen molar-refractivity contribution in [3.8, 4) is 0 Å². The number of rotatable bonds is 4. The smallest absolute Gasteiger partial charge is 0.194 e. The third-order valence-corrected chi connectivity index (χ3v) is 8.19. The summed E-state index contributed by atoms with van der Waals surface area (Å²) in [5.41, 5.74) is 0.639. The van der Waals surface area contributed by atoms with E-state index < -0.39 is 17.5 Å². The Balaban J connectivity index is 1.31. The van der Waals surface area contributed by atoms with Crippen LogP contribution >= 0.6 is 0 Å². The molecule has 0 spiro atoms. The van der Waals surface area contributed by atoms with Crippen LogP contribution in [0.1, 0.15) is 82.1 Å². The summed E-state index contributed by atoms with van der Waals surface area (Å²) in [7, 11) is 0. The zero-order chi connectivity index (χ0) is 19.7. The molecule has 0 radical (unpaired) electrons. The Morgan fingerprint density at radius 2 is 1.29 bits per heavy atom. The topological polar surface area (TPSA) is 0 Å². The Hall–Kier alpha value is -1.25. The molecular weight excluding hydrogens is 357 g/mol. The third-order valence-electron chi connectivity index (χ3n) is 8.19. The van der Waals surface area contributed by atoms with E-state index in [-0.39, 0.29) is 5.92 Å². The maximum atomic E-state index is 13.6. The molecule has 4 rings (SSSR count). The van der Waals surface area contributed by atoms with Gasteiger partial charge in [0.05, 0.1) is 0 Å². The van der Waals surface area contributed by atoms with E-state index in [9.17, 15) is 13.2 Å². The van der Waals surface area contributed by atoms with Crippen LogP contribution in [0.3, 0.4) is 0 Å². The minimum atomic E-state index is -1.35. The van der Waals surface area contributed by atoms with Crippen molar-refractivity contribution >= 4 is 0 Å². The van der Waals surface area contributed by atoms with Crippen LogP contribution in [0, 0.1) is 47.0 Å². The van der Waals surface area contributed by atoms with E-state index in [1.165, 1.54) is 57.1 Å². The first-order valence-corrected chi connectivity index (χ1v) is 11.3. The molecule has 0 nitrogen and oxygen atoms in total. The summed E-state index contributed by atoms with van der Waals surface area (Å²) in [5, 5.41) is 0. The summed E-state index contributed by atoms with van der Waals surface area (Å²) in [5.74, 6) is 1.01. The Bertz CT molecular complexity index is 650. The van der Waals surface area contributed by atoms with Crippen molar-refractivity contribution in [2.75, 3.05) is 0 Å². The van der Waals surface area contributed by atoms with Gasteiger partial charge >= 0.3 is 0 Å². The molecule has 3 saturated carbocycles. The molecule has 154 valence electrons. The molecular formula is C25H33F3. The highest BCUT2D eigenvalue weighted by molar-refractivity contribution is 5.23. The van der Waals surface area contributed by atoms with Crippen molar-refractivity contribution in [3.63, 3.8) is 0 Å². The fraction of sp³-hybridized carbons (Fsp3) is 0.680. The van der Waals surface area contributed by atoms with E-state index in [0.717, 1.165) is 55.3 Å². The van der Waals surface area contributed by atoms with Crippen LogP contribution in [-0.4, -0.2) is 0 Å². The summed E-state index contributed by atoms with van der Waals surface area (Å²) in [6, 6.07) is 2.41. The highest BCUT2D eigenvalue weighted by Crippen LogP contribution is 2.51. The second-order valence-corrected chi connectivity index (χ2v) is 9.71. The highest BCUT2D eigenvalue weighted by atomic mass is 19.2. The SMILES string of the molecule is C=CCC1CCC2CC(C3CCC(c4cc(F)c(F)c(F)c4)CC3)CC2CC1. The fourth-order valence-corrected chi connectivity index (χ4v) is 6.60. The second-order valence-electron chi connectivity index (χ2n) is 9.71. The average molecular weight is 391 g/mol. The number of hydrogen-bond acceptors (Lipinski definition) is 0. The van der Waals surface area contributed by atoms with E-state index >= 15 is 0 Å². The molecule has 28 heavy (non-hydrogen) atoms. The maximum Gasteiger partial charge on any atom is 0.194 e. The maximum absolute atomic E-state index is 13.6. The van der Waals surface area contributed by atoms with Crippen LogP contribution in [0.5, 0.6) is 0 Å². The van der Waals surface area contributed by atoms with Crippen LogP contribution in [-0.2, 0) is 0 Å². The van der Waals surface area contributed by atoms with Gasteiger partial charge in [-0.1, -0.05) is 6.08 Å². The molecule has 1 aromatic carbocycles.